The molecule has 0 aromatic carbocycles. The van der Waals surface area contributed by atoms with Gasteiger partial charge in [0.25, 0.3) is 0 Å². The largest absolute Gasteiger partial charge is 0.481 e. The lowest BCUT2D eigenvalue weighted by atomic mass is 9.97. The van der Waals surface area contributed by atoms with Crippen LogP contribution in [0.2, 0.25) is 0 Å². The van der Waals surface area contributed by atoms with Gasteiger partial charge in [0.05, 0.1) is 18.9 Å². The average molecular weight is 243 g/mol. The Balaban J connectivity index is 2.47. The number of amides is 1. The Labute approximate surface area is 102 Å². The molecule has 0 bridgehead atoms. The molecule has 2 N–H and O–H groups in total. The average Bonchev–Trinajstić information content (AvgIpc) is 2.28. The van der Waals surface area contributed by atoms with E-state index in [-0.39, 0.29) is 30.2 Å². The molecule has 0 radical (unpaired) electrons. The molecule has 0 aromatic rings. The summed E-state index contributed by atoms with van der Waals surface area (Å²) in [5.74, 6) is -0.980. The van der Waals surface area contributed by atoms with Crippen molar-refractivity contribution in [3.63, 3.8) is 0 Å². The van der Waals surface area contributed by atoms with E-state index in [0.29, 0.717) is 13.2 Å². The van der Waals surface area contributed by atoms with Crippen LogP contribution in [0, 0.1) is 11.8 Å². The van der Waals surface area contributed by atoms with E-state index in [1.165, 1.54) is 0 Å². The van der Waals surface area contributed by atoms with E-state index in [1.807, 2.05) is 13.8 Å². The fourth-order valence-electron chi connectivity index (χ4n) is 1.89. The molecule has 5 heteroatoms. The Morgan fingerprint density at radius 3 is 2.65 bits per heavy atom. The summed E-state index contributed by atoms with van der Waals surface area (Å²) in [6.45, 7) is 4.98. The number of hydrogen-bond acceptors (Lipinski definition) is 3. The number of nitrogens with one attached hydrogen (secondary N) is 1. The number of hydrogen-bond donors (Lipinski definition) is 2. The second kappa shape index (κ2) is 6.59. The van der Waals surface area contributed by atoms with Gasteiger partial charge in [-0.1, -0.05) is 13.8 Å². The van der Waals surface area contributed by atoms with Crippen LogP contribution in [0.25, 0.3) is 0 Å². The lowest BCUT2D eigenvalue weighted by Gasteiger charge is -2.26. The number of rotatable bonds is 5. The number of carbonyl (C=O) groups is 2. The van der Waals surface area contributed by atoms with Gasteiger partial charge in [-0.2, -0.15) is 0 Å². The molecular formula is C12H21NO4. The highest BCUT2D eigenvalue weighted by atomic mass is 16.5. The van der Waals surface area contributed by atoms with E-state index in [9.17, 15) is 9.59 Å². The first kappa shape index (κ1) is 14.0. The molecule has 0 aromatic heterocycles. The zero-order valence-corrected chi connectivity index (χ0v) is 10.4. The van der Waals surface area contributed by atoms with Crippen LogP contribution in [-0.4, -0.2) is 36.2 Å². The molecule has 0 spiro atoms. The second-order valence-corrected chi connectivity index (χ2v) is 4.87. The first-order chi connectivity index (χ1) is 8.00. The minimum Gasteiger partial charge on any atom is -0.481 e. The van der Waals surface area contributed by atoms with Crippen molar-refractivity contribution >= 4 is 11.9 Å². The summed E-state index contributed by atoms with van der Waals surface area (Å²) >= 11 is 0. The van der Waals surface area contributed by atoms with Crippen molar-refractivity contribution in [2.75, 3.05) is 13.2 Å². The zero-order chi connectivity index (χ0) is 12.8. The molecule has 5 nitrogen and oxygen atoms in total. The minimum absolute atomic E-state index is 0.0308. The third-order valence-corrected chi connectivity index (χ3v) is 3.06. The number of aliphatic carboxylic acids is 1. The molecule has 1 amide bonds. The first-order valence-electron chi connectivity index (χ1n) is 6.10. The van der Waals surface area contributed by atoms with Crippen LogP contribution in [0.3, 0.4) is 0 Å². The molecule has 2 unspecified atom stereocenters. The van der Waals surface area contributed by atoms with Gasteiger partial charge in [-0.3, -0.25) is 9.59 Å². The Kier molecular flexibility index (Phi) is 5.41. The Bertz CT molecular complexity index is 272. The van der Waals surface area contributed by atoms with Crippen molar-refractivity contribution in [2.24, 2.45) is 11.8 Å². The SMILES string of the molecule is CC(C)C(CC(=O)O)NC(=O)C1CCCOC1. The monoisotopic (exact) mass is 243 g/mol. The normalized spacial score (nSPS) is 22.2. The van der Waals surface area contributed by atoms with Gasteiger partial charge in [0.15, 0.2) is 0 Å². The Morgan fingerprint density at radius 1 is 1.47 bits per heavy atom. The summed E-state index contributed by atoms with van der Waals surface area (Å²) in [5.41, 5.74) is 0. The fourth-order valence-corrected chi connectivity index (χ4v) is 1.89. The lowest BCUT2D eigenvalue weighted by Crippen LogP contribution is -2.44. The van der Waals surface area contributed by atoms with Gasteiger partial charge in [0, 0.05) is 12.6 Å². The molecule has 1 heterocycles. The van der Waals surface area contributed by atoms with Gasteiger partial charge >= 0.3 is 5.97 Å². The van der Waals surface area contributed by atoms with Crippen LogP contribution in [-0.2, 0) is 14.3 Å². The molecule has 17 heavy (non-hydrogen) atoms. The van der Waals surface area contributed by atoms with Gasteiger partial charge in [-0.25, -0.2) is 0 Å². The van der Waals surface area contributed by atoms with Crippen molar-refractivity contribution in [3.8, 4) is 0 Å². The van der Waals surface area contributed by atoms with Crippen LogP contribution >= 0.6 is 0 Å². The third-order valence-electron chi connectivity index (χ3n) is 3.06. The predicted octanol–water partition coefficient (Wildman–Crippen LogP) is 1.03. The predicted molar refractivity (Wildman–Crippen MR) is 62.6 cm³/mol. The molecular weight excluding hydrogens is 222 g/mol. The van der Waals surface area contributed by atoms with E-state index in [1.54, 1.807) is 0 Å². The highest BCUT2D eigenvalue weighted by molar-refractivity contribution is 5.80. The molecule has 2 atom stereocenters. The molecule has 1 aliphatic heterocycles. The highest BCUT2D eigenvalue weighted by Gasteiger charge is 2.26. The van der Waals surface area contributed by atoms with Crippen LogP contribution in [0.15, 0.2) is 0 Å². The van der Waals surface area contributed by atoms with Crippen molar-refractivity contribution in [1.82, 2.24) is 5.32 Å². The molecule has 1 fully saturated rings. The smallest absolute Gasteiger partial charge is 0.305 e. The molecule has 98 valence electrons. The standard InChI is InChI=1S/C12H21NO4/c1-8(2)10(6-11(14)15)13-12(16)9-4-3-5-17-7-9/h8-10H,3-7H2,1-2H3,(H,13,16)(H,14,15). The number of carboxylic acid groups (broad SMARTS) is 1. The van der Waals surface area contributed by atoms with E-state index in [0.717, 1.165) is 12.8 Å². The maximum absolute atomic E-state index is 11.9. The van der Waals surface area contributed by atoms with Crippen LogP contribution in [0.4, 0.5) is 0 Å². The molecule has 1 saturated heterocycles. The van der Waals surface area contributed by atoms with Crippen molar-refractivity contribution in [3.05, 3.63) is 0 Å². The van der Waals surface area contributed by atoms with Gasteiger partial charge in [-0.05, 0) is 18.8 Å². The van der Waals surface area contributed by atoms with Crippen LogP contribution < -0.4 is 5.32 Å². The van der Waals surface area contributed by atoms with E-state index >= 15 is 0 Å². The van der Waals surface area contributed by atoms with Gasteiger partial charge in [-0.15, -0.1) is 0 Å². The molecule has 1 rings (SSSR count). The van der Waals surface area contributed by atoms with Crippen LogP contribution in [0.1, 0.15) is 33.1 Å². The van der Waals surface area contributed by atoms with Gasteiger partial charge < -0.3 is 15.2 Å². The summed E-state index contributed by atoms with van der Waals surface area (Å²) in [6.07, 6.45) is 1.68. The minimum atomic E-state index is -0.885. The quantitative estimate of drug-likeness (QED) is 0.756. The number of carbonyl (C=O) groups excluding carboxylic acids is 1. The summed E-state index contributed by atoms with van der Waals surface area (Å²) in [6, 6.07) is -0.304. The van der Waals surface area contributed by atoms with Crippen LogP contribution in [0.5, 0.6) is 0 Å². The maximum atomic E-state index is 11.9. The summed E-state index contributed by atoms with van der Waals surface area (Å²) in [5, 5.41) is 11.6. The maximum Gasteiger partial charge on any atom is 0.305 e. The number of ether oxygens (including phenoxy) is 1. The summed E-state index contributed by atoms with van der Waals surface area (Å²) in [7, 11) is 0. The first-order valence-corrected chi connectivity index (χ1v) is 6.10. The van der Waals surface area contributed by atoms with Gasteiger partial charge in [0.2, 0.25) is 5.91 Å². The number of carboxylic acids is 1. The van der Waals surface area contributed by atoms with E-state index in [4.69, 9.17) is 9.84 Å². The van der Waals surface area contributed by atoms with E-state index < -0.39 is 5.97 Å². The van der Waals surface area contributed by atoms with Crippen molar-refractivity contribution in [1.29, 1.82) is 0 Å². The second-order valence-electron chi connectivity index (χ2n) is 4.87. The molecule has 1 aliphatic rings. The zero-order valence-electron chi connectivity index (χ0n) is 10.4. The Morgan fingerprint density at radius 2 is 2.18 bits per heavy atom. The van der Waals surface area contributed by atoms with E-state index in [2.05, 4.69) is 5.32 Å². The summed E-state index contributed by atoms with van der Waals surface area (Å²) < 4.78 is 5.25. The molecule has 0 aliphatic carbocycles. The highest BCUT2D eigenvalue weighted by Crippen LogP contribution is 2.15. The lowest BCUT2D eigenvalue weighted by molar-refractivity contribution is -0.138. The third kappa shape index (κ3) is 4.73. The van der Waals surface area contributed by atoms with Gasteiger partial charge in [0.1, 0.15) is 0 Å². The fraction of sp³-hybridized carbons (Fsp3) is 0.833. The topological polar surface area (TPSA) is 75.6 Å². The Hall–Kier alpha value is -1.10. The van der Waals surface area contributed by atoms with Crippen molar-refractivity contribution in [2.45, 2.75) is 39.2 Å². The van der Waals surface area contributed by atoms with Crippen molar-refractivity contribution < 1.29 is 19.4 Å². The summed E-state index contributed by atoms with van der Waals surface area (Å²) in [4.78, 5) is 22.6. The molecule has 0 saturated carbocycles.